The fourth-order valence-corrected chi connectivity index (χ4v) is 1.73. The van der Waals surface area contributed by atoms with Crippen molar-refractivity contribution in [2.45, 2.75) is 46.1 Å². The summed E-state index contributed by atoms with van der Waals surface area (Å²) in [5.41, 5.74) is 1.29. The highest BCUT2D eigenvalue weighted by molar-refractivity contribution is 14.1. The molecule has 0 bridgehead atoms. The minimum atomic E-state index is 1.07. The number of hydrogen-bond donors (Lipinski definition) is 0. The normalized spacial score (nSPS) is 10.7. The predicted molar refractivity (Wildman–Crippen MR) is 63.8 cm³/mol. The van der Waals surface area contributed by atoms with Crippen molar-refractivity contribution in [2.24, 2.45) is 0 Å². The maximum absolute atomic E-state index is 4.41. The van der Waals surface area contributed by atoms with Gasteiger partial charge in [0.2, 0.25) is 0 Å². The van der Waals surface area contributed by atoms with Crippen LogP contribution in [0.15, 0.2) is 6.20 Å². The first-order valence-corrected chi connectivity index (χ1v) is 6.01. The van der Waals surface area contributed by atoms with Gasteiger partial charge in [0.15, 0.2) is 0 Å². The summed E-state index contributed by atoms with van der Waals surface area (Å²) in [6, 6.07) is 0. The smallest absolute Gasteiger partial charge is 0.126 e. The zero-order chi connectivity index (χ0) is 9.68. The molecule has 0 aromatic carbocycles. The minimum absolute atomic E-state index is 1.07. The molecule has 0 aliphatic rings. The summed E-state index contributed by atoms with van der Waals surface area (Å²) >= 11 is 2.28. The Morgan fingerprint density at radius 2 is 2.15 bits per heavy atom. The lowest BCUT2D eigenvalue weighted by Gasteiger charge is -1.99. The number of hydrogen-bond acceptors (Lipinski definition) is 1. The van der Waals surface area contributed by atoms with Crippen LogP contribution in [-0.2, 0) is 6.54 Å². The van der Waals surface area contributed by atoms with Gasteiger partial charge < -0.3 is 0 Å². The van der Waals surface area contributed by atoms with Crippen molar-refractivity contribution < 1.29 is 0 Å². The Balaban J connectivity index is 2.29. The third kappa shape index (κ3) is 3.67. The van der Waals surface area contributed by atoms with E-state index in [2.05, 4.69) is 52.4 Å². The van der Waals surface area contributed by atoms with Gasteiger partial charge in [0.1, 0.15) is 3.70 Å². The van der Waals surface area contributed by atoms with Crippen molar-refractivity contribution in [1.82, 2.24) is 9.78 Å². The summed E-state index contributed by atoms with van der Waals surface area (Å²) in [6.45, 7) is 5.42. The zero-order valence-electron chi connectivity index (χ0n) is 8.39. The summed E-state index contributed by atoms with van der Waals surface area (Å²) in [5, 5.41) is 4.41. The molecule has 0 amide bonds. The number of rotatable bonds is 5. The molecular formula is C10H17IN2. The Labute approximate surface area is 93.9 Å². The Morgan fingerprint density at radius 1 is 1.38 bits per heavy atom. The zero-order valence-corrected chi connectivity index (χ0v) is 10.5. The molecule has 0 saturated heterocycles. The number of aryl methyl sites for hydroxylation is 2. The highest BCUT2D eigenvalue weighted by atomic mass is 127. The Bertz CT molecular complexity index is 236. The molecule has 0 atom stereocenters. The van der Waals surface area contributed by atoms with Crippen LogP contribution in [0.5, 0.6) is 0 Å². The van der Waals surface area contributed by atoms with Crippen LogP contribution in [0.4, 0.5) is 0 Å². The fraction of sp³-hybridized carbons (Fsp3) is 0.700. The van der Waals surface area contributed by atoms with Gasteiger partial charge in [-0.2, -0.15) is 5.10 Å². The molecule has 1 aromatic heterocycles. The molecule has 0 aliphatic carbocycles. The predicted octanol–water partition coefficient (Wildman–Crippen LogP) is 3.38. The van der Waals surface area contributed by atoms with Crippen LogP contribution in [0.2, 0.25) is 0 Å². The average Bonchev–Trinajstić information content (AvgIpc) is 2.41. The van der Waals surface area contributed by atoms with Gasteiger partial charge in [0, 0.05) is 18.3 Å². The van der Waals surface area contributed by atoms with Crippen LogP contribution in [0, 0.1) is 10.6 Å². The van der Waals surface area contributed by atoms with E-state index in [9.17, 15) is 0 Å². The van der Waals surface area contributed by atoms with Crippen molar-refractivity contribution in [3.63, 3.8) is 0 Å². The molecule has 2 nitrogen and oxygen atoms in total. The second kappa shape index (κ2) is 5.62. The van der Waals surface area contributed by atoms with Crippen LogP contribution in [0.3, 0.4) is 0 Å². The van der Waals surface area contributed by atoms with Gasteiger partial charge in [0.25, 0.3) is 0 Å². The Morgan fingerprint density at radius 3 is 2.69 bits per heavy atom. The summed E-state index contributed by atoms with van der Waals surface area (Å²) in [7, 11) is 0. The lowest BCUT2D eigenvalue weighted by atomic mass is 10.2. The fourth-order valence-electron chi connectivity index (χ4n) is 1.31. The largest absolute Gasteiger partial charge is 0.271 e. The average molecular weight is 292 g/mol. The number of halogens is 1. The van der Waals surface area contributed by atoms with Gasteiger partial charge in [-0.1, -0.05) is 26.2 Å². The lowest BCUT2D eigenvalue weighted by Crippen LogP contribution is -1.98. The van der Waals surface area contributed by atoms with E-state index in [0.717, 1.165) is 10.2 Å². The molecule has 0 spiro atoms. The molecule has 1 aromatic rings. The molecule has 0 aliphatic heterocycles. The first-order chi connectivity index (χ1) is 6.24. The summed E-state index contributed by atoms with van der Waals surface area (Å²) in [6.07, 6.45) is 7.36. The summed E-state index contributed by atoms with van der Waals surface area (Å²) in [5.74, 6) is 0. The topological polar surface area (TPSA) is 17.8 Å². The standard InChI is InChI=1S/C10H17IN2/c1-3-4-5-6-7-13-8-9(2)10(11)12-13/h8H,3-7H2,1-2H3. The second-order valence-electron chi connectivity index (χ2n) is 3.43. The van der Waals surface area contributed by atoms with Crippen LogP contribution in [0.1, 0.15) is 38.2 Å². The van der Waals surface area contributed by atoms with E-state index >= 15 is 0 Å². The van der Waals surface area contributed by atoms with Gasteiger partial charge in [0.05, 0.1) is 0 Å². The second-order valence-corrected chi connectivity index (χ2v) is 4.45. The first kappa shape index (κ1) is 11.0. The summed E-state index contributed by atoms with van der Waals surface area (Å²) in [4.78, 5) is 0. The molecule has 0 unspecified atom stereocenters. The van der Waals surface area contributed by atoms with E-state index in [-0.39, 0.29) is 0 Å². The van der Waals surface area contributed by atoms with Crippen molar-refractivity contribution in [3.8, 4) is 0 Å². The number of nitrogens with zero attached hydrogens (tertiary/aromatic N) is 2. The third-order valence-electron chi connectivity index (χ3n) is 2.13. The number of unbranched alkanes of at least 4 members (excludes halogenated alkanes) is 3. The van der Waals surface area contributed by atoms with E-state index in [4.69, 9.17) is 0 Å². The van der Waals surface area contributed by atoms with E-state index in [1.165, 1.54) is 31.2 Å². The molecule has 1 rings (SSSR count). The molecule has 1 heterocycles. The molecular weight excluding hydrogens is 275 g/mol. The van der Waals surface area contributed by atoms with Crippen molar-refractivity contribution >= 4 is 22.6 Å². The molecule has 3 heteroatoms. The van der Waals surface area contributed by atoms with Gasteiger partial charge in [-0.05, 0) is 35.9 Å². The van der Waals surface area contributed by atoms with Crippen LogP contribution in [-0.4, -0.2) is 9.78 Å². The molecule has 13 heavy (non-hydrogen) atoms. The molecule has 0 radical (unpaired) electrons. The molecule has 0 fully saturated rings. The Hall–Kier alpha value is -0.0600. The third-order valence-corrected chi connectivity index (χ3v) is 3.19. The quantitative estimate of drug-likeness (QED) is 0.601. The maximum atomic E-state index is 4.41. The SMILES string of the molecule is CCCCCCn1cc(C)c(I)n1. The summed E-state index contributed by atoms with van der Waals surface area (Å²) < 4.78 is 3.19. The van der Waals surface area contributed by atoms with Crippen molar-refractivity contribution in [2.75, 3.05) is 0 Å². The van der Waals surface area contributed by atoms with Crippen LogP contribution >= 0.6 is 22.6 Å². The van der Waals surface area contributed by atoms with Crippen LogP contribution < -0.4 is 0 Å². The van der Waals surface area contributed by atoms with Gasteiger partial charge in [-0.25, -0.2) is 0 Å². The first-order valence-electron chi connectivity index (χ1n) is 4.93. The number of aromatic nitrogens is 2. The van der Waals surface area contributed by atoms with E-state index in [1.807, 2.05) is 0 Å². The maximum Gasteiger partial charge on any atom is 0.126 e. The molecule has 0 N–H and O–H groups in total. The Kier molecular flexibility index (Phi) is 4.77. The highest BCUT2D eigenvalue weighted by Crippen LogP contribution is 2.09. The van der Waals surface area contributed by atoms with Gasteiger partial charge in [-0.3, -0.25) is 4.68 Å². The van der Waals surface area contributed by atoms with Crippen molar-refractivity contribution in [3.05, 3.63) is 15.5 Å². The monoisotopic (exact) mass is 292 g/mol. The molecule has 74 valence electrons. The lowest BCUT2D eigenvalue weighted by molar-refractivity contribution is 0.539. The van der Waals surface area contributed by atoms with E-state index < -0.39 is 0 Å². The van der Waals surface area contributed by atoms with E-state index in [0.29, 0.717) is 0 Å². The van der Waals surface area contributed by atoms with Gasteiger partial charge >= 0.3 is 0 Å². The van der Waals surface area contributed by atoms with Crippen LogP contribution in [0.25, 0.3) is 0 Å². The molecule has 0 saturated carbocycles. The minimum Gasteiger partial charge on any atom is -0.271 e. The van der Waals surface area contributed by atoms with Gasteiger partial charge in [-0.15, -0.1) is 0 Å². The van der Waals surface area contributed by atoms with E-state index in [1.54, 1.807) is 0 Å². The highest BCUT2D eigenvalue weighted by Gasteiger charge is 1.99. The van der Waals surface area contributed by atoms with Crippen molar-refractivity contribution in [1.29, 1.82) is 0 Å².